The number of carboxylic acid groups (broad SMARTS) is 1. The highest BCUT2D eigenvalue weighted by Gasteiger charge is 2.13. The van der Waals surface area contributed by atoms with Gasteiger partial charge in [-0.1, -0.05) is 19.8 Å². The highest BCUT2D eigenvalue weighted by Crippen LogP contribution is 1.97. The Hall–Kier alpha value is -1.30. The number of hydrogen-bond donors (Lipinski definition) is 3. The number of rotatable bonds is 8. The van der Waals surface area contributed by atoms with Crippen LogP contribution in [0.5, 0.6) is 0 Å². The van der Waals surface area contributed by atoms with E-state index in [1.54, 1.807) is 11.9 Å². The minimum atomic E-state index is -1.42. The van der Waals surface area contributed by atoms with Crippen LogP contribution in [0.1, 0.15) is 32.6 Å². The molecule has 0 heterocycles. The number of nitrogens with zero attached hydrogens (tertiary/aromatic N) is 1. The summed E-state index contributed by atoms with van der Waals surface area (Å²) in [5, 5.41) is 20.0. The average Bonchev–Trinajstić information content (AvgIpc) is 2.28. The fraction of sp³-hybridized carbons (Fsp3) is 0.818. The van der Waals surface area contributed by atoms with Gasteiger partial charge in [-0.2, -0.15) is 0 Å². The molecule has 0 spiro atoms. The van der Waals surface area contributed by atoms with Crippen LogP contribution in [0.15, 0.2) is 0 Å². The first kappa shape index (κ1) is 15.7. The van der Waals surface area contributed by atoms with E-state index in [1.807, 2.05) is 0 Å². The molecule has 6 nitrogen and oxygen atoms in total. The van der Waals surface area contributed by atoms with E-state index in [9.17, 15) is 9.59 Å². The van der Waals surface area contributed by atoms with Gasteiger partial charge in [0.05, 0.1) is 0 Å². The lowest BCUT2D eigenvalue weighted by atomic mass is 10.2. The van der Waals surface area contributed by atoms with Crippen molar-refractivity contribution >= 4 is 12.0 Å². The molecule has 0 fully saturated rings. The third-order valence-electron chi connectivity index (χ3n) is 2.42. The Morgan fingerprint density at radius 1 is 1.35 bits per heavy atom. The molecule has 0 saturated carbocycles. The number of aliphatic hydroxyl groups is 1. The Labute approximate surface area is 102 Å². The molecule has 0 aliphatic rings. The van der Waals surface area contributed by atoms with Gasteiger partial charge < -0.3 is 20.4 Å². The Balaban J connectivity index is 3.67. The molecule has 0 aliphatic heterocycles. The number of carboxylic acids is 1. The lowest BCUT2D eigenvalue weighted by molar-refractivity contribution is -0.146. The molecular formula is C11H22N2O4. The van der Waals surface area contributed by atoms with Gasteiger partial charge in [0.25, 0.3) is 0 Å². The second-order valence-corrected chi connectivity index (χ2v) is 4.00. The van der Waals surface area contributed by atoms with Crippen LogP contribution in [-0.2, 0) is 4.79 Å². The molecule has 17 heavy (non-hydrogen) atoms. The molecule has 6 heteroatoms. The molecule has 0 rings (SSSR count). The van der Waals surface area contributed by atoms with Gasteiger partial charge in [-0.3, -0.25) is 0 Å². The van der Waals surface area contributed by atoms with Crippen molar-refractivity contribution < 1.29 is 19.8 Å². The Bertz CT molecular complexity index is 246. The van der Waals surface area contributed by atoms with E-state index in [0.717, 1.165) is 19.3 Å². The predicted octanol–water partition coefficient (Wildman–Crippen LogP) is 0.654. The van der Waals surface area contributed by atoms with Gasteiger partial charge >= 0.3 is 12.0 Å². The molecule has 1 atom stereocenters. The standard InChI is InChI=1S/C11H22N2O4/c1-3-4-5-8-13(2)11(17)12-7-6-9(14)10(15)16/h9,14H,3-8H2,1-2H3,(H,12,17)(H,15,16). The fourth-order valence-corrected chi connectivity index (χ4v) is 1.27. The predicted molar refractivity (Wildman–Crippen MR) is 63.8 cm³/mol. The molecule has 3 N–H and O–H groups in total. The van der Waals surface area contributed by atoms with Gasteiger partial charge in [-0.25, -0.2) is 9.59 Å². The molecule has 2 amide bonds. The van der Waals surface area contributed by atoms with Gasteiger partial charge in [0.1, 0.15) is 0 Å². The summed E-state index contributed by atoms with van der Waals surface area (Å²) < 4.78 is 0. The van der Waals surface area contributed by atoms with E-state index in [4.69, 9.17) is 10.2 Å². The summed E-state index contributed by atoms with van der Waals surface area (Å²) >= 11 is 0. The zero-order valence-electron chi connectivity index (χ0n) is 10.5. The van der Waals surface area contributed by atoms with Crippen LogP contribution in [-0.4, -0.2) is 53.4 Å². The van der Waals surface area contributed by atoms with Crippen molar-refractivity contribution in [2.24, 2.45) is 0 Å². The zero-order valence-corrected chi connectivity index (χ0v) is 10.5. The topological polar surface area (TPSA) is 89.9 Å². The number of carbonyl (C=O) groups is 2. The monoisotopic (exact) mass is 246 g/mol. The normalized spacial score (nSPS) is 11.9. The smallest absolute Gasteiger partial charge is 0.332 e. The van der Waals surface area contributed by atoms with Crippen LogP contribution in [0.2, 0.25) is 0 Å². The molecule has 0 aromatic rings. The number of urea groups is 1. The number of carbonyl (C=O) groups excluding carboxylic acids is 1. The quantitative estimate of drug-likeness (QED) is 0.549. The second-order valence-electron chi connectivity index (χ2n) is 4.00. The number of aliphatic hydroxyl groups excluding tert-OH is 1. The van der Waals surface area contributed by atoms with E-state index in [2.05, 4.69) is 12.2 Å². The first-order chi connectivity index (χ1) is 7.99. The number of unbranched alkanes of at least 4 members (excludes halogenated alkanes) is 2. The molecule has 1 unspecified atom stereocenters. The van der Waals surface area contributed by atoms with Crippen LogP contribution in [0.3, 0.4) is 0 Å². The highest BCUT2D eigenvalue weighted by atomic mass is 16.4. The van der Waals surface area contributed by atoms with Crippen molar-refractivity contribution in [1.82, 2.24) is 10.2 Å². The van der Waals surface area contributed by atoms with Crippen molar-refractivity contribution in [3.05, 3.63) is 0 Å². The number of nitrogens with one attached hydrogen (secondary N) is 1. The molecule has 0 saturated heterocycles. The van der Waals surface area contributed by atoms with E-state index in [0.29, 0.717) is 6.54 Å². The molecule has 0 radical (unpaired) electrons. The van der Waals surface area contributed by atoms with Crippen molar-refractivity contribution in [2.75, 3.05) is 20.1 Å². The van der Waals surface area contributed by atoms with Crippen LogP contribution < -0.4 is 5.32 Å². The maximum Gasteiger partial charge on any atom is 0.332 e. The van der Waals surface area contributed by atoms with Crippen molar-refractivity contribution in [2.45, 2.75) is 38.7 Å². The Morgan fingerprint density at radius 3 is 2.53 bits per heavy atom. The maximum absolute atomic E-state index is 11.5. The number of hydrogen-bond acceptors (Lipinski definition) is 3. The summed E-state index contributed by atoms with van der Waals surface area (Å²) in [7, 11) is 1.69. The van der Waals surface area contributed by atoms with E-state index < -0.39 is 12.1 Å². The molecule has 100 valence electrons. The molecule has 0 aliphatic carbocycles. The van der Waals surface area contributed by atoms with E-state index in [-0.39, 0.29) is 19.0 Å². The van der Waals surface area contributed by atoms with Crippen molar-refractivity contribution in [3.63, 3.8) is 0 Å². The van der Waals surface area contributed by atoms with Crippen LogP contribution in [0, 0.1) is 0 Å². The summed E-state index contributed by atoms with van der Waals surface area (Å²) in [4.78, 5) is 23.3. The Morgan fingerprint density at radius 2 is 2.00 bits per heavy atom. The molecule has 0 bridgehead atoms. The van der Waals surface area contributed by atoms with Crippen molar-refractivity contribution in [3.8, 4) is 0 Å². The number of amides is 2. The zero-order chi connectivity index (χ0) is 13.3. The van der Waals surface area contributed by atoms with E-state index >= 15 is 0 Å². The summed E-state index contributed by atoms with van der Waals surface area (Å²) in [6, 6.07) is -0.237. The minimum absolute atomic E-state index is 0.0177. The van der Waals surface area contributed by atoms with Gasteiger partial charge in [0.2, 0.25) is 0 Å². The largest absolute Gasteiger partial charge is 0.479 e. The van der Waals surface area contributed by atoms with Crippen LogP contribution >= 0.6 is 0 Å². The van der Waals surface area contributed by atoms with Gasteiger partial charge in [0, 0.05) is 26.6 Å². The lowest BCUT2D eigenvalue weighted by Gasteiger charge is -2.18. The summed E-state index contributed by atoms with van der Waals surface area (Å²) in [6.07, 6.45) is 1.73. The number of aliphatic carboxylic acids is 1. The van der Waals surface area contributed by atoms with Crippen molar-refractivity contribution in [1.29, 1.82) is 0 Å². The van der Waals surface area contributed by atoms with Crippen LogP contribution in [0.4, 0.5) is 4.79 Å². The SMILES string of the molecule is CCCCCN(C)C(=O)NCCC(O)C(=O)O. The minimum Gasteiger partial charge on any atom is -0.479 e. The molecule has 0 aromatic heterocycles. The first-order valence-corrected chi connectivity index (χ1v) is 5.88. The first-order valence-electron chi connectivity index (χ1n) is 5.88. The summed E-state index contributed by atoms with van der Waals surface area (Å²) in [5.74, 6) is -1.27. The molecular weight excluding hydrogens is 224 g/mol. The van der Waals surface area contributed by atoms with Gasteiger partial charge in [0.15, 0.2) is 6.10 Å². The average molecular weight is 246 g/mol. The lowest BCUT2D eigenvalue weighted by Crippen LogP contribution is -2.39. The molecule has 0 aromatic carbocycles. The third-order valence-corrected chi connectivity index (χ3v) is 2.42. The summed E-state index contributed by atoms with van der Waals surface area (Å²) in [5.41, 5.74) is 0. The fourth-order valence-electron chi connectivity index (χ4n) is 1.27. The van der Waals surface area contributed by atoms with Crippen LogP contribution in [0.25, 0.3) is 0 Å². The highest BCUT2D eigenvalue weighted by molar-refractivity contribution is 5.74. The van der Waals surface area contributed by atoms with E-state index in [1.165, 1.54) is 0 Å². The van der Waals surface area contributed by atoms with Gasteiger partial charge in [-0.05, 0) is 6.42 Å². The third kappa shape index (κ3) is 7.57. The van der Waals surface area contributed by atoms with Gasteiger partial charge in [-0.15, -0.1) is 0 Å². The Kier molecular flexibility index (Phi) is 8.13. The summed E-state index contributed by atoms with van der Waals surface area (Å²) in [6.45, 7) is 2.93. The second kappa shape index (κ2) is 8.81. The maximum atomic E-state index is 11.5.